The van der Waals surface area contributed by atoms with Crippen LogP contribution in [0.3, 0.4) is 0 Å². The molecule has 0 saturated heterocycles. The standard InChI is InChI=1S/C21H20ClN2OS/c1-4-25-17-9-10-18-20(13-17)26-21(24(18)3)12-16-8-6-14-5-7-15(22)11-19(14)23(16)2/h5-13H,4H2,1-3H3/q+1. The molecule has 26 heavy (non-hydrogen) atoms. The minimum absolute atomic E-state index is 0.678. The highest BCUT2D eigenvalue weighted by Crippen LogP contribution is 2.46. The van der Waals surface area contributed by atoms with Crippen LogP contribution in [-0.2, 0) is 7.05 Å². The Morgan fingerprint density at radius 3 is 2.77 bits per heavy atom. The van der Waals surface area contributed by atoms with Crippen LogP contribution in [-0.4, -0.2) is 13.7 Å². The average Bonchev–Trinajstić information content (AvgIpc) is 2.93. The Morgan fingerprint density at radius 2 is 1.96 bits per heavy atom. The van der Waals surface area contributed by atoms with Gasteiger partial charge in [-0.3, -0.25) is 0 Å². The van der Waals surface area contributed by atoms with E-state index in [1.807, 2.05) is 25.1 Å². The van der Waals surface area contributed by atoms with Crippen LogP contribution in [0.25, 0.3) is 17.0 Å². The van der Waals surface area contributed by atoms with E-state index in [0.717, 1.165) is 22.0 Å². The van der Waals surface area contributed by atoms with Gasteiger partial charge in [0.1, 0.15) is 12.8 Å². The first-order valence-electron chi connectivity index (χ1n) is 8.55. The van der Waals surface area contributed by atoms with Crippen molar-refractivity contribution in [3.05, 3.63) is 64.3 Å². The number of hydrogen-bond donors (Lipinski definition) is 0. The molecule has 0 fully saturated rings. The minimum atomic E-state index is 0.678. The van der Waals surface area contributed by atoms with Crippen molar-refractivity contribution in [3.63, 3.8) is 0 Å². The van der Waals surface area contributed by atoms with E-state index in [0.29, 0.717) is 6.61 Å². The number of hydrogen-bond acceptors (Lipinski definition) is 3. The molecule has 2 aromatic carbocycles. The summed E-state index contributed by atoms with van der Waals surface area (Å²) in [5, 5.41) is 3.11. The zero-order valence-electron chi connectivity index (χ0n) is 15.0. The van der Waals surface area contributed by atoms with E-state index in [2.05, 4.69) is 60.0 Å². The third kappa shape index (κ3) is 3.04. The van der Waals surface area contributed by atoms with Gasteiger partial charge >= 0.3 is 0 Å². The van der Waals surface area contributed by atoms with Crippen molar-refractivity contribution >= 4 is 46.0 Å². The number of aromatic nitrogens is 1. The molecule has 0 bridgehead atoms. The highest BCUT2D eigenvalue weighted by Gasteiger charge is 2.24. The molecule has 1 aliphatic rings. The molecule has 2 heterocycles. The Hall–Kier alpha value is -2.17. The molecule has 5 heteroatoms. The van der Waals surface area contributed by atoms with Crippen molar-refractivity contribution in [1.29, 1.82) is 0 Å². The molecule has 0 spiro atoms. The smallest absolute Gasteiger partial charge is 0.214 e. The van der Waals surface area contributed by atoms with Crippen LogP contribution in [0.4, 0.5) is 5.69 Å². The first-order valence-corrected chi connectivity index (χ1v) is 9.74. The molecular formula is C21H20ClN2OS+. The van der Waals surface area contributed by atoms with E-state index in [9.17, 15) is 0 Å². The molecule has 0 N–H and O–H groups in total. The van der Waals surface area contributed by atoms with Gasteiger partial charge in [0.15, 0.2) is 0 Å². The predicted molar refractivity (Wildman–Crippen MR) is 110 cm³/mol. The van der Waals surface area contributed by atoms with E-state index in [1.165, 1.54) is 21.0 Å². The predicted octanol–water partition coefficient (Wildman–Crippen LogP) is 5.26. The van der Waals surface area contributed by atoms with Gasteiger partial charge < -0.3 is 9.64 Å². The fraction of sp³-hybridized carbons (Fsp3) is 0.190. The highest BCUT2D eigenvalue weighted by atomic mass is 35.5. The monoisotopic (exact) mass is 383 g/mol. The van der Waals surface area contributed by atoms with Gasteiger partial charge in [0.05, 0.1) is 17.3 Å². The lowest BCUT2D eigenvalue weighted by Gasteiger charge is -2.13. The first-order chi connectivity index (χ1) is 12.6. The molecule has 0 aliphatic carbocycles. The summed E-state index contributed by atoms with van der Waals surface area (Å²) in [6.07, 6.45) is 2.21. The number of benzene rings is 2. The van der Waals surface area contributed by atoms with Gasteiger partial charge in [-0.15, -0.1) is 0 Å². The zero-order valence-corrected chi connectivity index (χ0v) is 16.6. The summed E-state index contributed by atoms with van der Waals surface area (Å²) in [7, 11) is 4.17. The van der Waals surface area contributed by atoms with Gasteiger partial charge in [0.2, 0.25) is 11.2 Å². The maximum atomic E-state index is 6.18. The molecule has 0 saturated carbocycles. The van der Waals surface area contributed by atoms with Crippen LogP contribution in [0.15, 0.2) is 58.5 Å². The summed E-state index contributed by atoms with van der Waals surface area (Å²) in [4.78, 5) is 3.44. The van der Waals surface area contributed by atoms with Crippen LogP contribution in [0.5, 0.6) is 5.75 Å². The zero-order chi connectivity index (χ0) is 18.3. The lowest BCUT2D eigenvalue weighted by atomic mass is 10.2. The number of nitrogens with zero attached hydrogens (tertiary/aromatic N) is 2. The quantitative estimate of drug-likeness (QED) is 0.574. The minimum Gasteiger partial charge on any atom is -0.494 e. The number of ether oxygens (including phenoxy) is 1. The number of fused-ring (bicyclic) bond motifs is 2. The topological polar surface area (TPSA) is 16.4 Å². The first kappa shape index (κ1) is 17.3. The Balaban J connectivity index is 1.73. The normalized spacial score (nSPS) is 14.9. The van der Waals surface area contributed by atoms with E-state index in [4.69, 9.17) is 16.3 Å². The van der Waals surface area contributed by atoms with Crippen molar-refractivity contribution < 1.29 is 9.30 Å². The third-order valence-corrected chi connectivity index (χ3v) is 5.98. The lowest BCUT2D eigenvalue weighted by Crippen LogP contribution is -2.33. The number of anilines is 1. The Kier molecular flexibility index (Phi) is 4.55. The maximum Gasteiger partial charge on any atom is 0.214 e. The summed E-state index contributed by atoms with van der Waals surface area (Å²) in [5.41, 5.74) is 3.46. The van der Waals surface area contributed by atoms with Crippen LogP contribution in [0.2, 0.25) is 5.02 Å². The van der Waals surface area contributed by atoms with E-state index in [1.54, 1.807) is 11.8 Å². The van der Waals surface area contributed by atoms with Crippen molar-refractivity contribution in [3.8, 4) is 5.75 Å². The van der Waals surface area contributed by atoms with Crippen molar-refractivity contribution in [2.45, 2.75) is 11.8 Å². The van der Waals surface area contributed by atoms with E-state index < -0.39 is 0 Å². The molecule has 0 unspecified atom stereocenters. The molecule has 1 aromatic heterocycles. The van der Waals surface area contributed by atoms with Gasteiger partial charge in [0.25, 0.3) is 0 Å². The van der Waals surface area contributed by atoms with Gasteiger partial charge in [-0.05, 0) is 43.3 Å². The molecular weight excluding hydrogens is 364 g/mol. The van der Waals surface area contributed by atoms with Crippen molar-refractivity contribution in [2.24, 2.45) is 7.05 Å². The van der Waals surface area contributed by atoms with Gasteiger partial charge in [0, 0.05) is 40.6 Å². The summed E-state index contributed by atoms with van der Waals surface area (Å²) < 4.78 is 7.81. The van der Waals surface area contributed by atoms with Crippen LogP contribution in [0, 0.1) is 0 Å². The van der Waals surface area contributed by atoms with Crippen molar-refractivity contribution in [2.75, 3.05) is 18.6 Å². The molecule has 0 radical (unpaired) electrons. The molecule has 1 aliphatic heterocycles. The fourth-order valence-corrected chi connectivity index (χ4v) is 4.47. The third-order valence-electron chi connectivity index (χ3n) is 4.59. The van der Waals surface area contributed by atoms with E-state index >= 15 is 0 Å². The molecule has 3 aromatic rings. The average molecular weight is 384 g/mol. The SMILES string of the molecule is CCOc1ccc2c(c1)S/C(=C\c1ccc3ccc(Cl)cc3[n+]1C)N2C. The van der Waals surface area contributed by atoms with Crippen LogP contribution < -0.4 is 14.2 Å². The van der Waals surface area contributed by atoms with Crippen LogP contribution in [0.1, 0.15) is 12.6 Å². The Bertz CT molecular complexity index is 1030. The molecule has 4 rings (SSSR count). The van der Waals surface area contributed by atoms with Crippen LogP contribution >= 0.6 is 23.4 Å². The highest BCUT2D eigenvalue weighted by molar-refractivity contribution is 8.03. The second kappa shape index (κ2) is 6.86. The molecule has 0 atom stereocenters. The number of aryl methyl sites for hydroxylation is 1. The Labute approximate surface area is 162 Å². The summed E-state index contributed by atoms with van der Waals surface area (Å²) in [5.74, 6) is 0.916. The number of thioether (sulfide) groups is 1. The summed E-state index contributed by atoms with van der Waals surface area (Å²) in [6, 6.07) is 16.5. The molecule has 0 amide bonds. The van der Waals surface area contributed by atoms with Crippen molar-refractivity contribution in [1.82, 2.24) is 0 Å². The fourth-order valence-electron chi connectivity index (χ4n) is 3.18. The lowest BCUT2D eigenvalue weighted by molar-refractivity contribution is -0.646. The largest absolute Gasteiger partial charge is 0.494 e. The summed E-state index contributed by atoms with van der Waals surface area (Å²) in [6.45, 7) is 2.68. The number of pyridine rings is 1. The molecule has 132 valence electrons. The number of halogens is 1. The van der Waals surface area contributed by atoms with E-state index in [-0.39, 0.29) is 0 Å². The second-order valence-electron chi connectivity index (χ2n) is 6.23. The number of rotatable bonds is 3. The molecule has 3 nitrogen and oxygen atoms in total. The maximum absolute atomic E-state index is 6.18. The second-order valence-corrected chi connectivity index (χ2v) is 7.73. The van der Waals surface area contributed by atoms with Gasteiger partial charge in [-0.2, -0.15) is 4.57 Å². The Morgan fingerprint density at radius 1 is 1.15 bits per heavy atom. The van der Waals surface area contributed by atoms with Gasteiger partial charge in [-0.1, -0.05) is 23.4 Å². The summed E-state index contributed by atoms with van der Waals surface area (Å²) >= 11 is 7.95. The van der Waals surface area contributed by atoms with Gasteiger partial charge in [-0.25, -0.2) is 0 Å².